The Hall–Kier alpha value is -1.87. The van der Waals surface area contributed by atoms with Crippen LogP contribution in [-0.2, 0) is 6.54 Å². The number of fused-ring (bicyclic) bond motifs is 1. The SMILES string of the molecule is CC(C)c1nn(CCC#N)c2sc(C(=O)O)cc12. The number of hydrogen-bond donors (Lipinski definition) is 1. The zero-order chi connectivity index (χ0) is 13.3. The van der Waals surface area contributed by atoms with Crippen molar-refractivity contribution in [3.8, 4) is 6.07 Å². The van der Waals surface area contributed by atoms with E-state index in [-0.39, 0.29) is 5.92 Å². The summed E-state index contributed by atoms with van der Waals surface area (Å²) in [6, 6.07) is 3.75. The fourth-order valence-electron chi connectivity index (χ4n) is 1.83. The Labute approximate surface area is 108 Å². The molecular weight excluding hydrogens is 250 g/mol. The normalized spacial score (nSPS) is 11.0. The fourth-order valence-corrected chi connectivity index (χ4v) is 2.81. The summed E-state index contributed by atoms with van der Waals surface area (Å²) in [6.07, 6.45) is 0.370. The van der Waals surface area contributed by atoms with E-state index in [0.29, 0.717) is 17.8 Å². The third kappa shape index (κ3) is 2.09. The fraction of sp³-hybridized carbons (Fsp3) is 0.417. The summed E-state index contributed by atoms with van der Waals surface area (Å²) in [4.78, 5) is 12.2. The highest BCUT2D eigenvalue weighted by Crippen LogP contribution is 2.32. The van der Waals surface area contributed by atoms with Crippen LogP contribution < -0.4 is 0 Å². The molecule has 0 aromatic carbocycles. The molecule has 0 saturated carbocycles. The van der Waals surface area contributed by atoms with Gasteiger partial charge in [0.25, 0.3) is 0 Å². The lowest BCUT2D eigenvalue weighted by molar-refractivity contribution is 0.0702. The van der Waals surface area contributed by atoms with Gasteiger partial charge in [0.15, 0.2) is 0 Å². The van der Waals surface area contributed by atoms with Crippen molar-refractivity contribution in [1.82, 2.24) is 9.78 Å². The summed E-state index contributed by atoms with van der Waals surface area (Å²) in [7, 11) is 0. The van der Waals surface area contributed by atoms with Gasteiger partial charge < -0.3 is 5.11 Å². The zero-order valence-electron chi connectivity index (χ0n) is 10.2. The van der Waals surface area contributed by atoms with E-state index < -0.39 is 5.97 Å². The average Bonchev–Trinajstić information content (AvgIpc) is 2.84. The van der Waals surface area contributed by atoms with Gasteiger partial charge in [-0.3, -0.25) is 4.68 Å². The van der Waals surface area contributed by atoms with Crippen LogP contribution >= 0.6 is 11.3 Å². The maximum Gasteiger partial charge on any atom is 0.345 e. The number of thiophene rings is 1. The minimum atomic E-state index is -0.919. The predicted molar refractivity (Wildman–Crippen MR) is 68.9 cm³/mol. The molecule has 1 N–H and O–H groups in total. The quantitative estimate of drug-likeness (QED) is 0.919. The van der Waals surface area contributed by atoms with E-state index in [1.807, 2.05) is 13.8 Å². The number of nitrogens with zero attached hydrogens (tertiary/aromatic N) is 3. The molecule has 0 aliphatic carbocycles. The molecule has 5 nitrogen and oxygen atoms in total. The number of aromatic nitrogens is 2. The van der Waals surface area contributed by atoms with E-state index in [2.05, 4.69) is 11.2 Å². The van der Waals surface area contributed by atoms with Gasteiger partial charge in [-0.25, -0.2) is 4.79 Å². The number of rotatable bonds is 4. The summed E-state index contributed by atoms with van der Waals surface area (Å²) >= 11 is 1.21. The van der Waals surface area contributed by atoms with Gasteiger partial charge >= 0.3 is 5.97 Å². The first-order valence-electron chi connectivity index (χ1n) is 5.65. The highest BCUT2D eigenvalue weighted by molar-refractivity contribution is 7.20. The maximum atomic E-state index is 11.0. The van der Waals surface area contributed by atoms with Gasteiger partial charge in [-0.05, 0) is 12.0 Å². The van der Waals surface area contributed by atoms with E-state index in [9.17, 15) is 4.79 Å². The van der Waals surface area contributed by atoms with Crippen LogP contribution in [0.1, 0.15) is 41.6 Å². The Bertz CT molecular complexity index is 634. The molecule has 0 amide bonds. The monoisotopic (exact) mass is 263 g/mol. The molecule has 0 saturated heterocycles. The third-order valence-electron chi connectivity index (χ3n) is 2.64. The van der Waals surface area contributed by atoms with Crippen LogP contribution in [0.15, 0.2) is 6.07 Å². The molecule has 18 heavy (non-hydrogen) atoms. The average molecular weight is 263 g/mol. The summed E-state index contributed by atoms with van der Waals surface area (Å²) < 4.78 is 1.74. The molecule has 0 spiro atoms. The van der Waals surface area contributed by atoms with Crippen LogP contribution in [0, 0.1) is 11.3 Å². The van der Waals surface area contributed by atoms with Gasteiger partial charge in [-0.1, -0.05) is 13.8 Å². The molecule has 2 aromatic heterocycles. The van der Waals surface area contributed by atoms with E-state index in [0.717, 1.165) is 15.9 Å². The van der Waals surface area contributed by atoms with Gasteiger partial charge in [0.05, 0.1) is 24.7 Å². The van der Waals surface area contributed by atoms with Crippen LogP contribution in [0.3, 0.4) is 0 Å². The molecule has 0 aliphatic heterocycles. The largest absolute Gasteiger partial charge is 0.477 e. The van der Waals surface area contributed by atoms with Crippen molar-refractivity contribution < 1.29 is 9.90 Å². The molecule has 0 fully saturated rings. The number of aryl methyl sites for hydroxylation is 1. The summed E-state index contributed by atoms with van der Waals surface area (Å²) in [5, 5.41) is 23.0. The first-order valence-corrected chi connectivity index (χ1v) is 6.46. The number of nitriles is 1. The molecular formula is C12H13N3O2S. The van der Waals surface area contributed by atoms with Crippen molar-refractivity contribution in [3.63, 3.8) is 0 Å². The highest BCUT2D eigenvalue weighted by atomic mass is 32.1. The van der Waals surface area contributed by atoms with E-state index >= 15 is 0 Å². The first kappa shape index (κ1) is 12.6. The number of carboxylic acid groups (broad SMARTS) is 1. The molecule has 2 aromatic rings. The van der Waals surface area contributed by atoms with Crippen molar-refractivity contribution in [3.05, 3.63) is 16.6 Å². The van der Waals surface area contributed by atoms with Crippen LogP contribution in [-0.4, -0.2) is 20.9 Å². The van der Waals surface area contributed by atoms with Gasteiger partial charge in [0.2, 0.25) is 0 Å². The Morgan fingerprint density at radius 3 is 2.94 bits per heavy atom. The lowest BCUT2D eigenvalue weighted by Gasteiger charge is -2.00. The molecule has 2 heterocycles. The molecule has 0 atom stereocenters. The number of carbonyl (C=O) groups is 1. The van der Waals surface area contributed by atoms with Crippen LogP contribution in [0.5, 0.6) is 0 Å². The maximum absolute atomic E-state index is 11.0. The Morgan fingerprint density at radius 2 is 2.39 bits per heavy atom. The molecule has 94 valence electrons. The van der Waals surface area contributed by atoms with Gasteiger partial charge in [-0.15, -0.1) is 11.3 Å². The van der Waals surface area contributed by atoms with Crippen molar-refractivity contribution in [2.24, 2.45) is 0 Å². The molecule has 2 rings (SSSR count). The van der Waals surface area contributed by atoms with Crippen molar-refractivity contribution >= 4 is 27.5 Å². The minimum Gasteiger partial charge on any atom is -0.477 e. The summed E-state index contributed by atoms with van der Waals surface area (Å²) in [5.41, 5.74) is 0.895. The second-order valence-corrected chi connectivity index (χ2v) is 5.34. The van der Waals surface area contributed by atoms with Crippen molar-refractivity contribution in [1.29, 1.82) is 5.26 Å². The number of aromatic carboxylic acids is 1. The van der Waals surface area contributed by atoms with E-state index in [1.54, 1.807) is 10.7 Å². The third-order valence-corrected chi connectivity index (χ3v) is 3.78. The standard InChI is InChI=1S/C12H13N3O2S/c1-7(2)10-8-6-9(12(16)17)18-11(8)15(14-10)5-3-4-13/h6-7H,3,5H2,1-2H3,(H,16,17). The first-order chi connectivity index (χ1) is 8.54. The smallest absolute Gasteiger partial charge is 0.345 e. The van der Waals surface area contributed by atoms with Gasteiger partial charge in [-0.2, -0.15) is 10.4 Å². The highest BCUT2D eigenvalue weighted by Gasteiger charge is 2.18. The van der Waals surface area contributed by atoms with Gasteiger partial charge in [0, 0.05) is 5.39 Å². The number of hydrogen-bond acceptors (Lipinski definition) is 4. The predicted octanol–water partition coefficient (Wildman–Crippen LogP) is 2.83. The molecule has 0 bridgehead atoms. The Kier molecular flexibility index (Phi) is 3.34. The van der Waals surface area contributed by atoms with Crippen LogP contribution in [0.25, 0.3) is 10.2 Å². The van der Waals surface area contributed by atoms with Crippen LogP contribution in [0.4, 0.5) is 0 Å². The van der Waals surface area contributed by atoms with Crippen molar-refractivity contribution in [2.45, 2.75) is 32.7 Å². The Balaban J connectivity index is 2.57. The molecule has 6 heteroatoms. The Morgan fingerprint density at radius 1 is 1.67 bits per heavy atom. The van der Waals surface area contributed by atoms with Gasteiger partial charge in [0.1, 0.15) is 9.71 Å². The summed E-state index contributed by atoms with van der Waals surface area (Å²) in [6.45, 7) is 4.54. The van der Waals surface area contributed by atoms with E-state index in [1.165, 1.54) is 11.3 Å². The number of carboxylic acids is 1. The molecule has 0 radical (unpaired) electrons. The van der Waals surface area contributed by atoms with Crippen molar-refractivity contribution in [2.75, 3.05) is 0 Å². The second-order valence-electron chi connectivity index (χ2n) is 4.31. The lowest BCUT2D eigenvalue weighted by atomic mass is 10.1. The van der Waals surface area contributed by atoms with Crippen LogP contribution in [0.2, 0.25) is 0 Å². The lowest BCUT2D eigenvalue weighted by Crippen LogP contribution is -2.00. The zero-order valence-corrected chi connectivity index (χ0v) is 11.0. The molecule has 0 aliphatic rings. The summed E-state index contributed by atoms with van der Waals surface area (Å²) in [5.74, 6) is -0.690. The molecule has 0 unspecified atom stereocenters. The minimum absolute atomic E-state index is 0.229. The topological polar surface area (TPSA) is 78.9 Å². The second kappa shape index (κ2) is 4.78. The van der Waals surface area contributed by atoms with E-state index in [4.69, 9.17) is 10.4 Å².